The number of phenolic OH excluding ortho intramolecular Hbond substituents is 1. The van der Waals surface area contributed by atoms with Crippen LogP contribution >= 0.6 is 11.3 Å². The number of rotatable bonds is 4. The van der Waals surface area contributed by atoms with Crippen molar-refractivity contribution in [3.8, 4) is 28.0 Å². The minimum atomic E-state index is 0.0952. The van der Waals surface area contributed by atoms with Crippen molar-refractivity contribution in [1.82, 2.24) is 0 Å². The molecule has 2 heteroatoms. The number of phenols is 1. The first-order chi connectivity index (χ1) is 22.7. The number of hydrogen-bond acceptors (Lipinski definition) is 2. The smallest absolute Gasteiger partial charge is 0.120 e. The van der Waals surface area contributed by atoms with Gasteiger partial charge in [-0.15, -0.1) is 11.3 Å². The molecule has 0 spiro atoms. The van der Waals surface area contributed by atoms with E-state index in [0.29, 0.717) is 5.75 Å². The molecule has 0 aliphatic heterocycles. The molecule has 0 bridgehead atoms. The molecule has 9 rings (SSSR count). The molecule has 1 unspecified atom stereocenters. The summed E-state index contributed by atoms with van der Waals surface area (Å²) in [4.78, 5) is 0. The van der Waals surface area contributed by atoms with Crippen molar-refractivity contribution >= 4 is 63.8 Å². The van der Waals surface area contributed by atoms with E-state index >= 15 is 0 Å². The van der Waals surface area contributed by atoms with Crippen LogP contribution in [0.15, 0.2) is 152 Å². The minimum absolute atomic E-state index is 0.0952. The average molecular weight is 607 g/mol. The summed E-state index contributed by atoms with van der Waals surface area (Å²) >= 11 is 1.75. The van der Waals surface area contributed by atoms with Gasteiger partial charge in [-0.05, 0) is 78.3 Å². The van der Waals surface area contributed by atoms with E-state index in [9.17, 15) is 5.11 Å². The Balaban J connectivity index is 1.28. The molecule has 218 valence electrons. The number of thiophene rings is 1. The van der Waals surface area contributed by atoms with Gasteiger partial charge in [-0.3, -0.25) is 0 Å². The highest BCUT2D eigenvalue weighted by molar-refractivity contribution is 7.25. The van der Waals surface area contributed by atoms with Gasteiger partial charge in [0.05, 0.1) is 0 Å². The van der Waals surface area contributed by atoms with Crippen molar-refractivity contribution in [3.05, 3.63) is 163 Å². The lowest BCUT2D eigenvalue weighted by molar-refractivity contribution is 0.467. The van der Waals surface area contributed by atoms with Crippen LogP contribution in [-0.2, 0) is 0 Å². The molecule has 0 aliphatic rings. The van der Waals surface area contributed by atoms with Gasteiger partial charge in [-0.2, -0.15) is 0 Å². The summed E-state index contributed by atoms with van der Waals surface area (Å²) in [5.74, 6) is 0.453. The monoisotopic (exact) mass is 606 g/mol. The second kappa shape index (κ2) is 10.6. The fourth-order valence-corrected chi connectivity index (χ4v) is 8.59. The fourth-order valence-electron chi connectivity index (χ4n) is 7.43. The van der Waals surface area contributed by atoms with Crippen LogP contribution in [0.5, 0.6) is 5.75 Å². The van der Waals surface area contributed by atoms with Crippen molar-refractivity contribution < 1.29 is 5.11 Å². The van der Waals surface area contributed by atoms with Crippen LogP contribution in [0, 0.1) is 0 Å². The predicted octanol–water partition coefficient (Wildman–Crippen LogP) is 12.7. The summed E-state index contributed by atoms with van der Waals surface area (Å²) in [5, 5.41) is 21.1. The molecule has 1 atom stereocenters. The average Bonchev–Trinajstić information content (AvgIpc) is 3.46. The fraction of sp³-hybridized carbons (Fsp3) is 0.0455. The molecule has 0 saturated carbocycles. The molecule has 46 heavy (non-hydrogen) atoms. The molecule has 8 aromatic carbocycles. The zero-order valence-electron chi connectivity index (χ0n) is 25.4. The maximum atomic E-state index is 11.1. The number of aromatic hydroxyl groups is 1. The summed E-state index contributed by atoms with van der Waals surface area (Å²) < 4.78 is 2.33. The lowest BCUT2D eigenvalue weighted by Gasteiger charge is -2.19. The third-order valence-corrected chi connectivity index (χ3v) is 10.8. The first-order valence-corrected chi connectivity index (χ1v) is 16.6. The topological polar surface area (TPSA) is 20.2 Å². The van der Waals surface area contributed by atoms with Crippen LogP contribution in [0.3, 0.4) is 0 Å². The van der Waals surface area contributed by atoms with E-state index in [0.717, 1.165) is 10.3 Å². The third kappa shape index (κ3) is 4.14. The summed E-state index contributed by atoms with van der Waals surface area (Å²) in [6.07, 6.45) is 0. The molecule has 9 aromatic rings. The highest BCUT2D eigenvalue weighted by Crippen LogP contribution is 2.47. The van der Waals surface area contributed by atoms with Gasteiger partial charge in [0.25, 0.3) is 0 Å². The zero-order chi connectivity index (χ0) is 30.8. The van der Waals surface area contributed by atoms with Gasteiger partial charge in [-0.1, -0.05) is 140 Å². The minimum Gasteiger partial charge on any atom is -0.508 e. The van der Waals surface area contributed by atoms with E-state index in [1.807, 2.05) is 12.1 Å². The standard InChI is InChI=1S/C44H30OS/c1-27(28-12-3-2-4-13-28)38-25-39-32-23-22-30(24-41(32)46-42(39)26-40(38)45)43-34-17-7-9-19-36(34)44(37-20-10-8-18-35(37)43)33-21-11-15-29-14-5-6-16-31(29)33/h2-27,45H,1H3. The Bertz CT molecular complexity index is 2550. The van der Waals surface area contributed by atoms with E-state index in [-0.39, 0.29) is 5.92 Å². The Morgan fingerprint density at radius 3 is 1.78 bits per heavy atom. The van der Waals surface area contributed by atoms with Crippen LogP contribution in [0.1, 0.15) is 24.0 Å². The quantitative estimate of drug-likeness (QED) is 0.198. The molecule has 1 nitrogen and oxygen atoms in total. The van der Waals surface area contributed by atoms with Crippen LogP contribution in [-0.4, -0.2) is 5.11 Å². The largest absolute Gasteiger partial charge is 0.508 e. The first kappa shape index (κ1) is 26.9. The lowest BCUT2D eigenvalue weighted by atomic mass is 9.84. The van der Waals surface area contributed by atoms with Crippen molar-refractivity contribution in [2.45, 2.75) is 12.8 Å². The zero-order valence-corrected chi connectivity index (χ0v) is 26.2. The van der Waals surface area contributed by atoms with Gasteiger partial charge in [0.1, 0.15) is 5.75 Å². The number of fused-ring (bicyclic) bond motifs is 6. The highest BCUT2D eigenvalue weighted by atomic mass is 32.1. The van der Waals surface area contributed by atoms with Crippen molar-refractivity contribution in [2.75, 3.05) is 0 Å². The van der Waals surface area contributed by atoms with E-state index in [1.165, 1.54) is 75.6 Å². The van der Waals surface area contributed by atoms with Crippen molar-refractivity contribution in [1.29, 1.82) is 0 Å². The molecule has 1 N–H and O–H groups in total. The van der Waals surface area contributed by atoms with Crippen LogP contribution in [0.4, 0.5) is 0 Å². The second-order valence-electron chi connectivity index (χ2n) is 12.2. The van der Waals surface area contributed by atoms with Gasteiger partial charge < -0.3 is 5.11 Å². The highest BCUT2D eigenvalue weighted by Gasteiger charge is 2.20. The third-order valence-electron chi connectivity index (χ3n) is 9.67. The summed E-state index contributed by atoms with van der Waals surface area (Å²) in [5.41, 5.74) is 7.17. The first-order valence-electron chi connectivity index (χ1n) is 15.8. The Labute approximate surface area is 271 Å². The lowest BCUT2D eigenvalue weighted by Crippen LogP contribution is -1.96. The van der Waals surface area contributed by atoms with E-state index in [1.54, 1.807) is 11.3 Å². The molecular weight excluding hydrogens is 577 g/mol. The van der Waals surface area contributed by atoms with E-state index in [4.69, 9.17) is 0 Å². The molecule has 0 radical (unpaired) electrons. The molecule has 0 saturated heterocycles. The van der Waals surface area contributed by atoms with Gasteiger partial charge >= 0.3 is 0 Å². The summed E-state index contributed by atoms with van der Waals surface area (Å²) in [7, 11) is 0. The molecule has 1 aromatic heterocycles. The van der Waals surface area contributed by atoms with Crippen LogP contribution in [0.2, 0.25) is 0 Å². The van der Waals surface area contributed by atoms with Crippen LogP contribution in [0.25, 0.3) is 74.7 Å². The summed E-state index contributed by atoms with van der Waals surface area (Å²) in [6, 6.07) is 54.5. The van der Waals surface area contributed by atoms with Crippen molar-refractivity contribution in [3.63, 3.8) is 0 Å². The predicted molar refractivity (Wildman–Crippen MR) is 198 cm³/mol. The maximum absolute atomic E-state index is 11.1. The van der Waals surface area contributed by atoms with Gasteiger partial charge in [0.15, 0.2) is 0 Å². The molecular formula is C44H30OS. The number of benzene rings is 8. The SMILES string of the molecule is CC(c1ccccc1)c1cc2c(cc1O)sc1cc(-c3c4ccccc4c(-c4cccc5ccccc45)c4ccccc34)ccc12. The maximum Gasteiger partial charge on any atom is 0.120 e. The molecule has 0 amide bonds. The Morgan fingerprint density at radius 2 is 1.07 bits per heavy atom. The molecule has 1 heterocycles. The van der Waals surface area contributed by atoms with E-state index < -0.39 is 0 Å². The van der Waals surface area contributed by atoms with Gasteiger partial charge in [0, 0.05) is 31.7 Å². The van der Waals surface area contributed by atoms with Crippen LogP contribution < -0.4 is 0 Å². The van der Waals surface area contributed by atoms with E-state index in [2.05, 4.69) is 146 Å². The molecule has 0 aliphatic carbocycles. The van der Waals surface area contributed by atoms with Gasteiger partial charge in [-0.25, -0.2) is 0 Å². The second-order valence-corrected chi connectivity index (χ2v) is 13.3. The number of hydrogen-bond donors (Lipinski definition) is 1. The van der Waals surface area contributed by atoms with Gasteiger partial charge in [0.2, 0.25) is 0 Å². The Kier molecular flexibility index (Phi) is 6.19. The normalized spacial score (nSPS) is 12.5. The van der Waals surface area contributed by atoms with Crippen molar-refractivity contribution in [2.24, 2.45) is 0 Å². The Hall–Kier alpha value is -5.44. The Morgan fingerprint density at radius 1 is 0.478 bits per heavy atom. The summed E-state index contributed by atoms with van der Waals surface area (Å²) in [6.45, 7) is 2.17. The molecule has 0 fully saturated rings.